The first-order valence-electron chi connectivity index (χ1n) is 5.70. The zero-order valence-corrected chi connectivity index (χ0v) is 10.4. The summed E-state index contributed by atoms with van der Waals surface area (Å²) in [6.45, 7) is 3.85. The van der Waals surface area contributed by atoms with E-state index in [9.17, 15) is 9.90 Å². The van der Waals surface area contributed by atoms with Crippen LogP contribution in [-0.4, -0.2) is 11.0 Å². The molecule has 0 bridgehead atoms. The van der Waals surface area contributed by atoms with Crippen LogP contribution >= 0.6 is 0 Å². The number of hydrogen-bond donors (Lipinski definition) is 2. The van der Waals surface area contributed by atoms with Crippen molar-refractivity contribution in [3.05, 3.63) is 53.1 Å². The van der Waals surface area contributed by atoms with Crippen molar-refractivity contribution in [1.29, 1.82) is 0 Å². The molecular formula is C15H15NO2. The average molecular weight is 241 g/mol. The first-order valence-corrected chi connectivity index (χ1v) is 5.70. The van der Waals surface area contributed by atoms with E-state index >= 15 is 0 Å². The van der Waals surface area contributed by atoms with Gasteiger partial charge in [-0.05, 0) is 54.3 Å². The Bertz CT molecular complexity index is 601. The van der Waals surface area contributed by atoms with E-state index in [0.29, 0.717) is 5.56 Å². The molecule has 18 heavy (non-hydrogen) atoms. The number of phenols is 1. The highest BCUT2D eigenvalue weighted by atomic mass is 16.3. The monoisotopic (exact) mass is 241 g/mol. The van der Waals surface area contributed by atoms with Crippen LogP contribution in [0.5, 0.6) is 5.75 Å². The van der Waals surface area contributed by atoms with Gasteiger partial charge < -0.3 is 10.8 Å². The van der Waals surface area contributed by atoms with Crippen molar-refractivity contribution >= 4 is 5.91 Å². The lowest BCUT2D eigenvalue weighted by atomic mass is 9.93. The molecule has 0 saturated carbocycles. The Hall–Kier alpha value is -2.29. The summed E-state index contributed by atoms with van der Waals surface area (Å²) in [7, 11) is 0. The SMILES string of the molecule is Cc1c(C(N)=O)ccc(-c2ccc(O)cc2)c1C. The predicted octanol–water partition coefficient (Wildman–Crippen LogP) is 2.77. The summed E-state index contributed by atoms with van der Waals surface area (Å²) in [5.41, 5.74) is 9.84. The molecule has 0 heterocycles. The fourth-order valence-electron chi connectivity index (χ4n) is 2.04. The molecule has 0 aliphatic rings. The van der Waals surface area contributed by atoms with Crippen LogP contribution in [0.3, 0.4) is 0 Å². The van der Waals surface area contributed by atoms with Crippen molar-refractivity contribution < 1.29 is 9.90 Å². The van der Waals surface area contributed by atoms with Crippen molar-refractivity contribution in [1.82, 2.24) is 0 Å². The summed E-state index contributed by atoms with van der Waals surface area (Å²) in [6, 6.07) is 10.6. The molecule has 0 radical (unpaired) electrons. The Morgan fingerprint density at radius 3 is 2.17 bits per heavy atom. The number of carbonyl (C=O) groups excluding carboxylic acids is 1. The second-order valence-corrected chi connectivity index (χ2v) is 4.32. The molecule has 0 unspecified atom stereocenters. The lowest BCUT2D eigenvalue weighted by Crippen LogP contribution is -2.13. The molecule has 2 aromatic carbocycles. The van der Waals surface area contributed by atoms with Gasteiger partial charge in [0, 0.05) is 5.56 Å². The average Bonchev–Trinajstić information content (AvgIpc) is 2.33. The third-order valence-electron chi connectivity index (χ3n) is 3.23. The standard InChI is InChI=1S/C15H15NO2/c1-9-10(2)14(15(16)18)8-7-13(9)11-3-5-12(17)6-4-11/h3-8,17H,1-2H3,(H2,16,18). The molecule has 0 aromatic heterocycles. The van der Waals surface area contributed by atoms with Gasteiger partial charge in [-0.15, -0.1) is 0 Å². The van der Waals surface area contributed by atoms with Crippen LogP contribution in [0.1, 0.15) is 21.5 Å². The molecule has 0 aliphatic carbocycles. The Balaban J connectivity index is 2.57. The molecule has 1 amide bonds. The summed E-state index contributed by atoms with van der Waals surface area (Å²) in [6.07, 6.45) is 0. The van der Waals surface area contributed by atoms with Crippen LogP contribution in [0.2, 0.25) is 0 Å². The van der Waals surface area contributed by atoms with Gasteiger partial charge in [0.25, 0.3) is 0 Å². The van der Waals surface area contributed by atoms with Crippen molar-refractivity contribution in [2.75, 3.05) is 0 Å². The van der Waals surface area contributed by atoms with Crippen molar-refractivity contribution in [2.45, 2.75) is 13.8 Å². The Morgan fingerprint density at radius 1 is 1.00 bits per heavy atom. The molecule has 0 spiro atoms. The topological polar surface area (TPSA) is 63.3 Å². The number of carbonyl (C=O) groups is 1. The zero-order valence-electron chi connectivity index (χ0n) is 10.4. The number of benzene rings is 2. The minimum Gasteiger partial charge on any atom is -0.508 e. The molecular weight excluding hydrogens is 226 g/mol. The van der Waals surface area contributed by atoms with Gasteiger partial charge in [-0.1, -0.05) is 18.2 Å². The maximum absolute atomic E-state index is 11.3. The highest BCUT2D eigenvalue weighted by molar-refractivity contribution is 5.95. The van der Waals surface area contributed by atoms with E-state index in [2.05, 4.69) is 0 Å². The second-order valence-electron chi connectivity index (χ2n) is 4.32. The lowest BCUT2D eigenvalue weighted by molar-refractivity contribution is 0.0999. The largest absolute Gasteiger partial charge is 0.508 e. The van der Waals surface area contributed by atoms with Gasteiger partial charge in [0.1, 0.15) is 5.75 Å². The Morgan fingerprint density at radius 2 is 1.61 bits per heavy atom. The van der Waals surface area contributed by atoms with E-state index in [4.69, 9.17) is 5.73 Å². The van der Waals surface area contributed by atoms with Gasteiger partial charge in [0.2, 0.25) is 5.91 Å². The number of primary amides is 1. The van der Waals surface area contributed by atoms with Crippen LogP contribution in [0.4, 0.5) is 0 Å². The van der Waals surface area contributed by atoms with E-state index < -0.39 is 5.91 Å². The minimum absolute atomic E-state index is 0.238. The number of rotatable bonds is 2. The fraction of sp³-hybridized carbons (Fsp3) is 0.133. The zero-order chi connectivity index (χ0) is 13.3. The first-order chi connectivity index (χ1) is 8.50. The number of nitrogens with two attached hydrogens (primary N) is 1. The number of hydrogen-bond acceptors (Lipinski definition) is 2. The summed E-state index contributed by atoms with van der Waals surface area (Å²) >= 11 is 0. The van der Waals surface area contributed by atoms with Gasteiger partial charge in [-0.3, -0.25) is 4.79 Å². The summed E-state index contributed by atoms with van der Waals surface area (Å²) < 4.78 is 0. The molecule has 92 valence electrons. The maximum atomic E-state index is 11.3. The number of aromatic hydroxyl groups is 1. The van der Waals surface area contributed by atoms with Crippen LogP contribution in [0, 0.1) is 13.8 Å². The lowest BCUT2D eigenvalue weighted by Gasteiger charge is -2.12. The summed E-state index contributed by atoms with van der Waals surface area (Å²) in [5.74, 6) is -0.172. The van der Waals surface area contributed by atoms with E-state index in [0.717, 1.165) is 22.3 Å². The van der Waals surface area contributed by atoms with Crippen LogP contribution < -0.4 is 5.73 Å². The van der Waals surface area contributed by atoms with E-state index in [-0.39, 0.29) is 5.75 Å². The van der Waals surface area contributed by atoms with E-state index in [1.54, 1.807) is 18.2 Å². The number of phenolic OH excluding ortho intramolecular Hbond substituents is 1. The molecule has 3 heteroatoms. The van der Waals surface area contributed by atoms with E-state index in [1.165, 1.54) is 0 Å². The molecule has 2 aromatic rings. The smallest absolute Gasteiger partial charge is 0.248 e. The second kappa shape index (κ2) is 4.53. The normalized spacial score (nSPS) is 10.3. The molecule has 3 nitrogen and oxygen atoms in total. The third kappa shape index (κ3) is 2.07. The predicted molar refractivity (Wildman–Crippen MR) is 71.5 cm³/mol. The highest BCUT2D eigenvalue weighted by Gasteiger charge is 2.11. The minimum atomic E-state index is -0.409. The van der Waals surface area contributed by atoms with Crippen molar-refractivity contribution in [3.63, 3.8) is 0 Å². The maximum Gasteiger partial charge on any atom is 0.248 e. The summed E-state index contributed by atoms with van der Waals surface area (Å²) in [5, 5.41) is 9.28. The Kier molecular flexibility index (Phi) is 3.06. The van der Waals surface area contributed by atoms with Gasteiger partial charge in [0.05, 0.1) is 0 Å². The first kappa shape index (κ1) is 12.2. The summed E-state index contributed by atoms with van der Waals surface area (Å²) in [4.78, 5) is 11.3. The van der Waals surface area contributed by atoms with Crippen molar-refractivity contribution in [3.8, 4) is 16.9 Å². The van der Waals surface area contributed by atoms with Crippen LogP contribution in [0.15, 0.2) is 36.4 Å². The molecule has 3 N–H and O–H groups in total. The van der Waals surface area contributed by atoms with Gasteiger partial charge in [-0.2, -0.15) is 0 Å². The molecule has 0 fully saturated rings. The van der Waals surface area contributed by atoms with Crippen LogP contribution in [0.25, 0.3) is 11.1 Å². The number of amides is 1. The molecule has 0 saturated heterocycles. The van der Waals surface area contributed by atoms with Crippen LogP contribution in [-0.2, 0) is 0 Å². The highest BCUT2D eigenvalue weighted by Crippen LogP contribution is 2.28. The molecule has 0 atom stereocenters. The van der Waals surface area contributed by atoms with Gasteiger partial charge in [0.15, 0.2) is 0 Å². The molecule has 2 rings (SSSR count). The fourth-order valence-corrected chi connectivity index (χ4v) is 2.04. The quantitative estimate of drug-likeness (QED) is 0.849. The van der Waals surface area contributed by atoms with E-state index in [1.807, 2.05) is 32.0 Å². The third-order valence-corrected chi connectivity index (χ3v) is 3.23. The van der Waals surface area contributed by atoms with Crippen molar-refractivity contribution in [2.24, 2.45) is 5.73 Å². The van der Waals surface area contributed by atoms with Gasteiger partial charge >= 0.3 is 0 Å². The Labute approximate surface area is 106 Å². The molecule has 0 aliphatic heterocycles. The van der Waals surface area contributed by atoms with Gasteiger partial charge in [-0.25, -0.2) is 0 Å².